The van der Waals surface area contributed by atoms with E-state index in [0.717, 1.165) is 49.9 Å². The molecule has 1 fully saturated rings. The number of hydrogen-bond acceptors (Lipinski definition) is 6. The highest BCUT2D eigenvalue weighted by Crippen LogP contribution is 2.29. The Morgan fingerprint density at radius 1 is 1.15 bits per heavy atom. The highest BCUT2D eigenvalue weighted by Gasteiger charge is 2.26. The lowest BCUT2D eigenvalue weighted by Crippen LogP contribution is -2.36. The number of pyridine rings is 1. The van der Waals surface area contributed by atoms with Gasteiger partial charge in [0, 0.05) is 57.9 Å². The summed E-state index contributed by atoms with van der Waals surface area (Å²) in [4.78, 5) is 22.3. The lowest BCUT2D eigenvalue weighted by atomic mass is 9.97. The molecule has 4 rings (SSSR count). The molecule has 3 aromatic heterocycles. The third-order valence-corrected chi connectivity index (χ3v) is 5.00. The fourth-order valence-corrected chi connectivity index (χ4v) is 3.61. The molecule has 0 radical (unpaired) electrons. The highest BCUT2D eigenvalue weighted by molar-refractivity contribution is 5.45. The fraction of sp³-hybridized carbons (Fsp3) is 0.400. The van der Waals surface area contributed by atoms with Crippen LogP contribution in [0.25, 0.3) is 0 Å². The number of rotatable bonds is 5. The third kappa shape index (κ3) is 3.92. The van der Waals surface area contributed by atoms with E-state index in [4.69, 9.17) is 4.98 Å². The molecule has 0 saturated carbocycles. The second-order valence-electron chi connectivity index (χ2n) is 7.19. The van der Waals surface area contributed by atoms with E-state index >= 15 is 0 Å². The second-order valence-corrected chi connectivity index (χ2v) is 7.19. The van der Waals surface area contributed by atoms with Crippen LogP contribution in [0.5, 0.6) is 0 Å². The molecule has 0 aliphatic carbocycles. The first-order chi connectivity index (χ1) is 13.2. The van der Waals surface area contributed by atoms with E-state index in [0.29, 0.717) is 5.92 Å². The predicted octanol–water partition coefficient (Wildman–Crippen LogP) is 2.57. The average Bonchev–Trinajstić information content (AvgIpc) is 3.17. The van der Waals surface area contributed by atoms with Crippen molar-refractivity contribution < 1.29 is 0 Å². The number of piperidine rings is 1. The van der Waals surface area contributed by atoms with Crippen LogP contribution in [0, 0.1) is 0 Å². The van der Waals surface area contributed by atoms with Gasteiger partial charge in [0.25, 0.3) is 0 Å². The lowest BCUT2D eigenvalue weighted by molar-refractivity contribution is 0.473. The Hall–Kier alpha value is -2.96. The molecule has 0 amide bonds. The van der Waals surface area contributed by atoms with Crippen molar-refractivity contribution in [1.82, 2.24) is 24.5 Å². The summed E-state index contributed by atoms with van der Waals surface area (Å²) in [6.45, 7) is 2.72. The zero-order valence-corrected chi connectivity index (χ0v) is 15.9. The van der Waals surface area contributed by atoms with Crippen molar-refractivity contribution in [3.05, 3.63) is 60.7 Å². The number of nitrogens with zero attached hydrogens (tertiary/aromatic N) is 7. The number of hydrogen-bond donors (Lipinski definition) is 0. The maximum Gasteiger partial charge on any atom is 0.149 e. The van der Waals surface area contributed by atoms with E-state index in [1.54, 1.807) is 12.4 Å². The molecule has 1 atom stereocenters. The third-order valence-electron chi connectivity index (χ3n) is 5.00. The van der Waals surface area contributed by atoms with Crippen LogP contribution >= 0.6 is 0 Å². The number of aromatic nitrogens is 5. The van der Waals surface area contributed by atoms with Crippen molar-refractivity contribution in [2.24, 2.45) is 0 Å². The first kappa shape index (κ1) is 17.5. The van der Waals surface area contributed by atoms with Crippen molar-refractivity contribution in [3.8, 4) is 0 Å². The van der Waals surface area contributed by atoms with Gasteiger partial charge in [-0.1, -0.05) is 6.07 Å². The molecule has 3 aromatic rings. The van der Waals surface area contributed by atoms with Crippen LogP contribution in [0.2, 0.25) is 0 Å². The molecular formula is C20H25N7. The largest absolute Gasteiger partial charge is 0.361 e. The quantitative estimate of drug-likeness (QED) is 0.694. The van der Waals surface area contributed by atoms with Crippen molar-refractivity contribution in [2.45, 2.75) is 25.3 Å². The van der Waals surface area contributed by atoms with Gasteiger partial charge in [-0.15, -0.1) is 0 Å². The molecule has 140 valence electrons. The Labute approximate surface area is 159 Å². The smallest absolute Gasteiger partial charge is 0.149 e. The molecule has 0 aromatic carbocycles. The summed E-state index contributed by atoms with van der Waals surface area (Å²) in [5.74, 6) is 3.35. The molecule has 27 heavy (non-hydrogen) atoms. The minimum absolute atomic E-state index is 0.384. The van der Waals surface area contributed by atoms with E-state index in [1.807, 2.05) is 43.7 Å². The second kappa shape index (κ2) is 7.73. The Morgan fingerprint density at radius 3 is 2.89 bits per heavy atom. The molecular weight excluding hydrogens is 338 g/mol. The minimum Gasteiger partial charge on any atom is -0.361 e. The predicted molar refractivity (Wildman–Crippen MR) is 106 cm³/mol. The van der Waals surface area contributed by atoms with Crippen molar-refractivity contribution in [1.29, 1.82) is 0 Å². The summed E-state index contributed by atoms with van der Waals surface area (Å²) in [7, 11) is 3.98. The first-order valence-corrected chi connectivity index (χ1v) is 9.35. The molecule has 4 heterocycles. The first-order valence-electron chi connectivity index (χ1n) is 9.35. The van der Waals surface area contributed by atoms with Crippen molar-refractivity contribution >= 4 is 11.6 Å². The lowest BCUT2D eigenvalue weighted by Gasteiger charge is -2.33. The minimum atomic E-state index is 0.384. The summed E-state index contributed by atoms with van der Waals surface area (Å²) in [6, 6.07) is 4.08. The maximum absolute atomic E-state index is 4.76. The Balaban J connectivity index is 1.52. The normalized spacial score (nSPS) is 17.1. The van der Waals surface area contributed by atoms with Gasteiger partial charge in [-0.25, -0.2) is 9.97 Å². The number of anilines is 2. The Morgan fingerprint density at radius 2 is 2.07 bits per heavy atom. The van der Waals surface area contributed by atoms with Crippen LogP contribution in [-0.2, 0) is 6.54 Å². The summed E-state index contributed by atoms with van der Waals surface area (Å²) < 4.78 is 2.24. The zero-order chi connectivity index (χ0) is 18.6. The molecule has 1 aliphatic heterocycles. The van der Waals surface area contributed by atoms with E-state index in [9.17, 15) is 0 Å². The summed E-state index contributed by atoms with van der Waals surface area (Å²) >= 11 is 0. The molecule has 0 spiro atoms. The Kier molecular flexibility index (Phi) is 5.00. The molecule has 1 saturated heterocycles. The monoisotopic (exact) mass is 363 g/mol. The Bertz CT molecular complexity index is 875. The van der Waals surface area contributed by atoms with Crippen molar-refractivity contribution in [2.75, 3.05) is 37.0 Å². The van der Waals surface area contributed by atoms with Crippen LogP contribution < -0.4 is 9.80 Å². The molecule has 0 bridgehead atoms. The zero-order valence-electron chi connectivity index (χ0n) is 15.9. The van der Waals surface area contributed by atoms with Gasteiger partial charge in [-0.2, -0.15) is 0 Å². The maximum atomic E-state index is 4.76. The van der Waals surface area contributed by atoms with E-state index < -0.39 is 0 Å². The SMILES string of the molecule is CN(C)c1cncc(N2CCC[C@H](c3nccn3Cc3cccnc3)C2)n1. The van der Waals surface area contributed by atoms with Gasteiger partial charge in [-0.05, 0) is 24.5 Å². The van der Waals surface area contributed by atoms with Gasteiger partial charge in [-0.3, -0.25) is 9.97 Å². The summed E-state index contributed by atoms with van der Waals surface area (Å²) in [5.41, 5.74) is 1.19. The van der Waals surface area contributed by atoms with Crippen LogP contribution in [-0.4, -0.2) is 51.7 Å². The molecule has 7 heteroatoms. The number of imidazole rings is 1. The van der Waals surface area contributed by atoms with Gasteiger partial charge < -0.3 is 14.4 Å². The standard InChI is InChI=1S/C20H25N7/c1-25(2)18-12-22-13-19(24-18)26-9-4-6-17(15-26)20-23-8-10-27(20)14-16-5-3-7-21-11-16/h3,5,7-8,10-13,17H,4,6,9,14-15H2,1-2H3/t17-/m0/s1. The van der Waals surface area contributed by atoms with Gasteiger partial charge in [0.1, 0.15) is 17.5 Å². The van der Waals surface area contributed by atoms with Gasteiger partial charge in [0.15, 0.2) is 0 Å². The van der Waals surface area contributed by atoms with Gasteiger partial charge in [0.2, 0.25) is 0 Å². The molecule has 0 unspecified atom stereocenters. The average molecular weight is 363 g/mol. The summed E-state index contributed by atoms with van der Waals surface area (Å²) in [6.07, 6.45) is 13.6. The van der Waals surface area contributed by atoms with Crippen LogP contribution in [0.15, 0.2) is 49.3 Å². The molecule has 1 aliphatic rings. The van der Waals surface area contributed by atoms with E-state index in [2.05, 4.69) is 36.7 Å². The van der Waals surface area contributed by atoms with E-state index in [-0.39, 0.29) is 0 Å². The molecule has 7 nitrogen and oxygen atoms in total. The van der Waals surface area contributed by atoms with Crippen molar-refractivity contribution in [3.63, 3.8) is 0 Å². The fourth-order valence-electron chi connectivity index (χ4n) is 3.61. The topological polar surface area (TPSA) is 63.0 Å². The molecule has 0 N–H and O–H groups in total. The van der Waals surface area contributed by atoms with E-state index in [1.165, 1.54) is 5.56 Å². The highest BCUT2D eigenvalue weighted by atomic mass is 15.2. The van der Waals surface area contributed by atoms with Crippen LogP contribution in [0.4, 0.5) is 11.6 Å². The van der Waals surface area contributed by atoms with Crippen LogP contribution in [0.3, 0.4) is 0 Å². The summed E-state index contributed by atoms with van der Waals surface area (Å²) in [5, 5.41) is 0. The van der Waals surface area contributed by atoms with Crippen LogP contribution in [0.1, 0.15) is 30.1 Å². The van der Waals surface area contributed by atoms with Gasteiger partial charge >= 0.3 is 0 Å². The van der Waals surface area contributed by atoms with Gasteiger partial charge in [0.05, 0.1) is 18.9 Å².